The van der Waals surface area contributed by atoms with Crippen LogP contribution in [-0.2, 0) is 9.53 Å². The lowest BCUT2D eigenvalue weighted by atomic mass is 9.93. The number of hydrogen-bond donors (Lipinski definition) is 1. The van der Waals surface area contributed by atoms with Crippen molar-refractivity contribution in [2.24, 2.45) is 11.3 Å². The minimum absolute atomic E-state index is 0.0154. The Labute approximate surface area is 129 Å². The van der Waals surface area contributed by atoms with Gasteiger partial charge in [-0.3, -0.25) is 4.79 Å². The van der Waals surface area contributed by atoms with Crippen LogP contribution in [0.1, 0.15) is 30.9 Å². The molecule has 1 saturated heterocycles. The quantitative estimate of drug-likeness (QED) is 0.934. The molecule has 2 fully saturated rings. The lowest BCUT2D eigenvalue weighted by Gasteiger charge is -2.23. The van der Waals surface area contributed by atoms with Crippen molar-refractivity contribution in [1.82, 2.24) is 5.32 Å². The van der Waals surface area contributed by atoms with Crippen LogP contribution in [0.2, 0.25) is 5.02 Å². The van der Waals surface area contributed by atoms with Crippen LogP contribution >= 0.6 is 11.6 Å². The molecule has 1 aromatic carbocycles. The third-order valence-corrected chi connectivity index (χ3v) is 4.87. The van der Waals surface area contributed by atoms with Gasteiger partial charge in [0.05, 0.1) is 6.07 Å². The minimum atomic E-state index is -0.618. The Hall–Kier alpha value is -1.57. The number of rotatable bonds is 3. The van der Waals surface area contributed by atoms with Crippen LogP contribution < -0.4 is 5.32 Å². The monoisotopic (exact) mass is 304 g/mol. The number of carbonyl (C=O) groups is 1. The first-order valence-electron chi connectivity index (χ1n) is 7.18. The lowest BCUT2D eigenvalue weighted by molar-refractivity contribution is -0.124. The highest BCUT2D eigenvalue weighted by Gasteiger charge is 2.58. The van der Waals surface area contributed by atoms with E-state index in [9.17, 15) is 10.1 Å². The molecule has 3 rings (SSSR count). The van der Waals surface area contributed by atoms with Gasteiger partial charge >= 0.3 is 0 Å². The molecule has 0 aromatic heterocycles. The zero-order valence-electron chi connectivity index (χ0n) is 11.6. The molecular formula is C16H17ClN2O2. The Morgan fingerprint density at radius 3 is 2.67 bits per heavy atom. The molecule has 2 aliphatic rings. The number of nitrogens with one attached hydrogen (secondary N) is 1. The van der Waals surface area contributed by atoms with Crippen molar-refractivity contribution >= 4 is 17.5 Å². The van der Waals surface area contributed by atoms with E-state index in [1.165, 1.54) is 0 Å². The normalized spacial score (nSPS) is 24.1. The van der Waals surface area contributed by atoms with E-state index in [1.54, 1.807) is 24.3 Å². The van der Waals surface area contributed by atoms with Gasteiger partial charge in [0.25, 0.3) is 0 Å². The van der Waals surface area contributed by atoms with Gasteiger partial charge in [-0.05, 0) is 42.4 Å². The molecule has 1 spiro atoms. The Morgan fingerprint density at radius 1 is 1.38 bits per heavy atom. The maximum atomic E-state index is 12.4. The van der Waals surface area contributed by atoms with Crippen LogP contribution in [0.15, 0.2) is 24.3 Å². The Balaban J connectivity index is 1.64. The van der Waals surface area contributed by atoms with Gasteiger partial charge in [0.2, 0.25) is 5.91 Å². The van der Waals surface area contributed by atoms with Crippen LogP contribution in [0.5, 0.6) is 0 Å². The average Bonchev–Trinajstić information content (AvgIpc) is 3.20. The number of nitriles is 1. The van der Waals surface area contributed by atoms with Crippen molar-refractivity contribution < 1.29 is 9.53 Å². The highest BCUT2D eigenvalue weighted by molar-refractivity contribution is 6.30. The standard InChI is InChI=1S/C16H17ClN2O2/c17-12-3-1-11(2-4-12)14(10-18)19-15(20)13-9-16(13)5-7-21-8-6-16/h1-4,13-14H,5-9H2,(H,19,20). The predicted molar refractivity (Wildman–Crippen MR) is 78.5 cm³/mol. The number of halogens is 1. The van der Waals surface area contributed by atoms with E-state index < -0.39 is 6.04 Å². The topological polar surface area (TPSA) is 62.1 Å². The van der Waals surface area contributed by atoms with Crippen molar-refractivity contribution in [1.29, 1.82) is 5.26 Å². The van der Waals surface area contributed by atoms with Crippen molar-refractivity contribution in [2.75, 3.05) is 13.2 Å². The molecule has 5 heteroatoms. The smallest absolute Gasteiger partial charge is 0.224 e. The molecule has 1 aliphatic heterocycles. The van der Waals surface area contributed by atoms with Crippen LogP contribution in [0.3, 0.4) is 0 Å². The SMILES string of the molecule is N#CC(NC(=O)C1CC12CCOCC2)c1ccc(Cl)cc1. The first kappa shape index (κ1) is 14.4. The summed E-state index contributed by atoms with van der Waals surface area (Å²) in [5.41, 5.74) is 0.888. The number of amides is 1. The Kier molecular flexibility index (Phi) is 3.88. The van der Waals surface area contributed by atoms with Gasteiger partial charge in [-0.1, -0.05) is 23.7 Å². The second kappa shape index (κ2) is 5.67. The van der Waals surface area contributed by atoms with Gasteiger partial charge < -0.3 is 10.1 Å². The fraction of sp³-hybridized carbons (Fsp3) is 0.500. The number of ether oxygens (including phenoxy) is 1. The van der Waals surface area contributed by atoms with Crippen LogP contribution in [0.4, 0.5) is 0 Å². The van der Waals surface area contributed by atoms with E-state index in [2.05, 4.69) is 11.4 Å². The van der Waals surface area contributed by atoms with Gasteiger partial charge in [0, 0.05) is 24.2 Å². The first-order valence-corrected chi connectivity index (χ1v) is 7.56. The van der Waals surface area contributed by atoms with Gasteiger partial charge in [0.15, 0.2) is 0 Å². The molecule has 110 valence electrons. The summed E-state index contributed by atoms with van der Waals surface area (Å²) in [5.74, 6) is 0.0166. The summed E-state index contributed by atoms with van der Waals surface area (Å²) in [4.78, 5) is 12.4. The molecule has 1 N–H and O–H groups in total. The summed E-state index contributed by atoms with van der Waals surface area (Å²) in [5, 5.41) is 12.8. The third kappa shape index (κ3) is 2.90. The van der Waals surface area contributed by atoms with Crippen LogP contribution in [0.25, 0.3) is 0 Å². The van der Waals surface area contributed by atoms with Crippen LogP contribution in [0, 0.1) is 22.7 Å². The van der Waals surface area contributed by atoms with E-state index in [0.717, 1.165) is 38.0 Å². The molecule has 1 aliphatic carbocycles. The summed E-state index contributed by atoms with van der Waals surface area (Å²) < 4.78 is 5.36. The van der Waals surface area contributed by atoms with E-state index in [4.69, 9.17) is 16.3 Å². The molecule has 1 saturated carbocycles. The molecule has 1 heterocycles. The molecule has 2 atom stereocenters. The highest BCUT2D eigenvalue weighted by Crippen LogP contribution is 2.59. The first-order chi connectivity index (χ1) is 10.1. The van der Waals surface area contributed by atoms with E-state index in [-0.39, 0.29) is 17.2 Å². The van der Waals surface area contributed by atoms with Gasteiger partial charge in [-0.2, -0.15) is 5.26 Å². The Morgan fingerprint density at radius 2 is 2.05 bits per heavy atom. The molecule has 0 bridgehead atoms. The fourth-order valence-corrected chi connectivity index (χ4v) is 3.26. The summed E-state index contributed by atoms with van der Waals surface area (Å²) >= 11 is 5.84. The zero-order chi connectivity index (χ0) is 14.9. The number of hydrogen-bond acceptors (Lipinski definition) is 3. The van der Waals surface area contributed by atoms with Gasteiger partial charge in [-0.15, -0.1) is 0 Å². The van der Waals surface area contributed by atoms with Crippen molar-refractivity contribution in [3.63, 3.8) is 0 Å². The van der Waals surface area contributed by atoms with E-state index in [1.807, 2.05) is 0 Å². The summed E-state index contributed by atoms with van der Waals surface area (Å²) in [6.07, 6.45) is 2.81. The second-order valence-corrected chi connectivity index (χ2v) is 6.29. The molecule has 1 aromatic rings. The Bertz CT molecular complexity index is 573. The van der Waals surface area contributed by atoms with E-state index in [0.29, 0.717) is 5.02 Å². The summed E-state index contributed by atoms with van der Waals surface area (Å²) in [6.45, 7) is 1.48. The van der Waals surface area contributed by atoms with Crippen molar-refractivity contribution in [2.45, 2.75) is 25.3 Å². The van der Waals surface area contributed by atoms with Gasteiger partial charge in [-0.25, -0.2) is 0 Å². The molecule has 0 radical (unpaired) electrons. The number of nitrogens with zero attached hydrogens (tertiary/aromatic N) is 1. The lowest BCUT2D eigenvalue weighted by Crippen LogP contribution is -2.32. The third-order valence-electron chi connectivity index (χ3n) is 4.61. The molecule has 2 unspecified atom stereocenters. The molecule has 4 nitrogen and oxygen atoms in total. The largest absolute Gasteiger partial charge is 0.381 e. The summed E-state index contributed by atoms with van der Waals surface area (Å²) in [6, 6.07) is 8.52. The minimum Gasteiger partial charge on any atom is -0.381 e. The van der Waals surface area contributed by atoms with Crippen molar-refractivity contribution in [3.05, 3.63) is 34.9 Å². The molecule has 1 amide bonds. The highest BCUT2D eigenvalue weighted by atomic mass is 35.5. The van der Waals surface area contributed by atoms with E-state index >= 15 is 0 Å². The van der Waals surface area contributed by atoms with Crippen LogP contribution in [-0.4, -0.2) is 19.1 Å². The molecular weight excluding hydrogens is 288 g/mol. The predicted octanol–water partition coefficient (Wildman–Crippen LogP) is 2.84. The maximum absolute atomic E-state index is 12.4. The fourth-order valence-electron chi connectivity index (χ4n) is 3.14. The number of carbonyl (C=O) groups excluding carboxylic acids is 1. The zero-order valence-corrected chi connectivity index (χ0v) is 12.4. The molecule has 21 heavy (non-hydrogen) atoms. The second-order valence-electron chi connectivity index (χ2n) is 5.85. The summed E-state index contributed by atoms with van der Waals surface area (Å²) in [7, 11) is 0. The van der Waals surface area contributed by atoms with Crippen molar-refractivity contribution in [3.8, 4) is 6.07 Å². The average molecular weight is 305 g/mol. The van der Waals surface area contributed by atoms with Gasteiger partial charge in [0.1, 0.15) is 6.04 Å². The maximum Gasteiger partial charge on any atom is 0.224 e. The number of benzene rings is 1.